The first-order valence-corrected chi connectivity index (χ1v) is 10.3. The molecule has 0 aliphatic carbocycles. The molecule has 0 spiro atoms. The molecule has 0 bridgehead atoms. The molecule has 0 unspecified atom stereocenters. The van der Waals surface area contributed by atoms with Crippen molar-refractivity contribution in [3.05, 3.63) is 52.1 Å². The molecule has 6 heteroatoms. The van der Waals surface area contributed by atoms with Gasteiger partial charge in [0.25, 0.3) is 0 Å². The Balaban J connectivity index is 2.04. The highest BCUT2D eigenvalue weighted by Gasteiger charge is 2.18. The first kappa shape index (κ1) is 20.8. The van der Waals surface area contributed by atoms with Crippen LogP contribution in [0.2, 0.25) is 0 Å². The van der Waals surface area contributed by atoms with Crippen molar-refractivity contribution < 1.29 is 4.79 Å². The summed E-state index contributed by atoms with van der Waals surface area (Å²) in [5.41, 5.74) is 5.55. The number of imidazole rings is 1. The predicted molar refractivity (Wildman–Crippen MR) is 117 cm³/mol. The van der Waals surface area contributed by atoms with Crippen molar-refractivity contribution in [3.63, 3.8) is 0 Å². The topological polar surface area (TPSA) is 60.1 Å². The number of nitrogens with zero attached hydrogens (tertiary/aromatic N) is 4. The van der Waals surface area contributed by atoms with E-state index in [2.05, 4.69) is 44.0 Å². The summed E-state index contributed by atoms with van der Waals surface area (Å²) in [5.74, 6) is -0.0733. The molecule has 0 saturated heterocycles. The van der Waals surface area contributed by atoms with Crippen LogP contribution >= 0.6 is 0 Å². The highest BCUT2D eigenvalue weighted by Crippen LogP contribution is 2.24. The van der Waals surface area contributed by atoms with Gasteiger partial charge >= 0.3 is 5.69 Å². The smallest absolute Gasteiger partial charge is 0.330 e. The maximum absolute atomic E-state index is 13.0. The van der Waals surface area contributed by atoms with Crippen LogP contribution in [-0.2, 0) is 17.9 Å². The van der Waals surface area contributed by atoms with Gasteiger partial charge in [0.2, 0.25) is 5.91 Å². The Hall–Kier alpha value is -2.89. The fourth-order valence-corrected chi connectivity index (χ4v) is 3.72. The van der Waals surface area contributed by atoms with Gasteiger partial charge in [0, 0.05) is 31.9 Å². The first-order valence-electron chi connectivity index (χ1n) is 10.3. The van der Waals surface area contributed by atoms with Crippen molar-refractivity contribution in [2.75, 3.05) is 13.6 Å². The molecule has 0 radical (unpaired) electrons. The molecular weight excluding hydrogens is 364 g/mol. The second-order valence-corrected chi connectivity index (χ2v) is 7.72. The summed E-state index contributed by atoms with van der Waals surface area (Å²) in [4.78, 5) is 31.8. The maximum Gasteiger partial charge on any atom is 0.330 e. The van der Waals surface area contributed by atoms with Gasteiger partial charge in [0.15, 0.2) is 5.65 Å². The molecule has 3 aromatic rings. The molecule has 0 aliphatic rings. The summed E-state index contributed by atoms with van der Waals surface area (Å²) in [6, 6.07) is 8.37. The number of carbonyl (C=O) groups excluding carboxylic acids is 1. The molecule has 0 N–H and O–H groups in total. The number of benzene rings is 1. The molecule has 29 heavy (non-hydrogen) atoms. The number of aromatic nitrogens is 3. The highest BCUT2D eigenvalue weighted by molar-refractivity contribution is 5.82. The van der Waals surface area contributed by atoms with E-state index in [1.165, 1.54) is 15.7 Å². The average molecular weight is 395 g/mol. The lowest BCUT2D eigenvalue weighted by Crippen LogP contribution is -2.35. The lowest BCUT2D eigenvalue weighted by Gasteiger charge is -2.16. The van der Waals surface area contributed by atoms with Gasteiger partial charge < -0.3 is 4.90 Å². The number of hydrogen-bond donors (Lipinski definition) is 0. The van der Waals surface area contributed by atoms with Crippen molar-refractivity contribution in [2.24, 2.45) is 0 Å². The lowest BCUT2D eigenvalue weighted by atomic mass is 10.0. The third-order valence-electron chi connectivity index (χ3n) is 5.29. The molecule has 0 fully saturated rings. The van der Waals surface area contributed by atoms with Crippen LogP contribution in [0, 0.1) is 13.8 Å². The molecule has 0 atom stereocenters. The molecule has 0 aliphatic heterocycles. The van der Waals surface area contributed by atoms with Crippen LogP contribution in [0.15, 0.2) is 35.3 Å². The number of unbranched alkanes of at least 4 members (excludes halogenated alkanes) is 1. The number of rotatable bonds is 7. The number of hydrogen-bond acceptors (Lipinski definition) is 3. The Labute approximate surface area is 171 Å². The number of amides is 1. The molecule has 0 saturated carbocycles. The van der Waals surface area contributed by atoms with Gasteiger partial charge in [-0.2, -0.15) is 0 Å². The largest absolute Gasteiger partial charge is 0.344 e. The predicted octanol–water partition coefficient (Wildman–Crippen LogP) is 3.76. The van der Waals surface area contributed by atoms with Gasteiger partial charge in [-0.05, 0) is 38.8 Å². The molecule has 6 nitrogen and oxygen atoms in total. The summed E-state index contributed by atoms with van der Waals surface area (Å²) < 4.78 is 3.18. The molecular formula is C23H30N4O2. The van der Waals surface area contributed by atoms with Crippen LogP contribution in [0.25, 0.3) is 22.3 Å². The zero-order valence-corrected chi connectivity index (χ0v) is 18.0. The number of pyridine rings is 1. The molecule has 2 aromatic heterocycles. The molecule has 3 rings (SSSR count). The van der Waals surface area contributed by atoms with Gasteiger partial charge in [0.05, 0.1) is 5.52 Å². The van der Waals surface area contributed by atoms with E-state index in [4.69, 9.17) is 0 Å². The Bertz CT molecular complexity index is 1070. The van der Waals surface area contributed by atoms with Crippen molar-refractivity contribution in [2.45, 2.75) is 53.6 Å². The fourth-order valence-electron chi connectivity index (χ4n) is 3.72. The van der Waals surface area contributed by atoms with E-state index in [1.807, 2.05) is 13.0 Å². The SMILES string of the molecule is CCCCN(C)C(=O)Cn1c(=O)n(CC)c2cc(-c3cc(C)cc(C)c3)cnc21. The third kappa shape index (κ3) is 4.26. The van der Waals surface area contributed by atoms with E-state index in [-0.39, 0.29) is 18.1 Å². The summed E-state index contributed by atoms with van der Waals surface area (Å²) >= 11 is 0. The second kappa shape index (κ2) is 8.64. The van der Waals surface area contributed by atoms with Crippen LogP contribution in [0.4, 0.5) is 0 Å². The first-order chi connectivity index (χ1) is 13.8. The summed E-state index contributed by atoms with van der Waals surface area (Å²) in [6.45, 7) is 9.40. The van der Waals surface area contributed by atoms with Crippen LogP contribution in [0.5, 0.6) is 0 Å². The van der Waals surface area contributed by atoms with E-state index >= 15 is 0 Å². The number of aryl methyl sites for hydroxylation is 3. The van der Waals surface area contributed by atoms with Gasteiger partial charge in [-0.3, -0.25) is 13.9 Å². The fraction of sp³-hybridized carbons (Fsp3) is 0.435. The Morgan fingerprint density at radius 1 is 1.03 bits per heavy atom. The van der Waals surface area contributed by atoms with E-state index in [0.717, 1.165) is 29.5 Å². The third-order valence-corrected chi connectivity index (χ3v) is 5.29. The standard InChI is InChI=1S/C23H30N4O2/c1-6-8-9-25(5)21(28)15-27-22-20(26(7-2)23(27)29)13-19(14-24-22)18-11-16(3)10-17(4)12-18/h10-14H,6-9,15H2,1-5H3. The Morgan fingerprint density at radius 3 is 2.34 bits per heavy atom. The zero-order chi connectivity index (χ0) is 21.1. The quantitative estimate of drug-likeness (QED) is 0.613. The van der Waals surface area contributed by atoms with Crippen molar-refractivity contribution in [1.29, 1.82) is 0 Å². The summed E-state index contributed by atoms with van der Waals surface area (Å²) in [5, 5.41) is 0. The molecule has 1 aromatic carbocycles. The number of likely N-dealkylation sites (N-methyl/N-ethyl adjacent to an activating group) is 1. The van der Waals surface area contributed by atoms with Crippen molar-refractivity contribution >= 4 is 17.1 Å². The monoisotopic (exact) mass is 394 g/mol. The van der Waals surface area contributed by atoms with Crippen LogP contribution < -0.4 is 5.69 Å². The van der Waals surface area contributed by atoms with E-state index in [0.29, 0.717) is 18.7 Å². The molecule has 2 heterocycles. The van der Waals surface area contributed by atoms with Crippen molar-refractivity contribution in [3.8, 4) is 11.1 Å². The van der Waals surface area contributed by atoms with Crippen LogP contribution in [0.3, 0.4) is 0 Å². The van der Waals surface area contributed by atoms with Gasteiger partial charge in [-0.15, -0.1) is 0 Å². The molecule has 154 valence electrons. The maximum atomic E-state index is 13.0. The minimum Gasteiger partial charge on any atom is -0.344 e. The second-order valence-electron chi connectivity index (χ2n) is 7.72. The average Bonchev–Trinajstić information content (AvgIpc) is 2.95. The van der Waals surface area contributed by atoms with Gasteiger partial charge in [-0.25, -0.2) is 9.78 Å². The van der Waals surface area contributed by atoms with Crippen LogP contribution in [-0.4, -0.2) is 38.5 Å². The van der Waals surface area contributed by atoms with Crippen molar-refractivity contribution in [1.82, 2.24) is 19.0 Å². The summed E-state index contributed by atoms with van der Waals surface area (Å²) in [7, 11) is 1.79. The normalized spacial score (nSPS) is 11.2. The van der Waals surface area contributed by atoms with Gasteiger partial charge in [-0.1, -0.05) is 42.7 Å². The minimum atomic E-state index is -0.190. The Kier molecular flexibility index (Phi) is 6.20. The number of fused-ring (bicyclic) bond motifs is 1. The summed E-state index contributed by atoms with van der Waals surface area (Å²) in [6.07, 6.45) is 3.76. The Morgan fingerprint density at radius 2 is 1.72 bits per heavy atom. The zero-order valence-electron chi connectivity index (χ0n) is 18.0. The minimum absolute atomic E-state index is 0.0123. The number of carbonyl (C=O) groups is 1. The lowest BCUT2D eigenvalue weighted by molar-refractivity contribution is -0.130. The highest BCUT2D eigenvalue weighted by atomic mass is 16.2. The van der Waals surface area contributed by atoms with E-state index in [9.17, 15) is 9.59 Å². The molecule has 1 amide bonds. The van der Waals surface area contributed by atoms with Gasteiger partial charge in [0.1, 0.15) is 6.54 Å². The van der Waals surface area contributed by atoms with E-state index in [1.54, 1.807) is 22.7 Å². The van der Waals surface area contributed by atoms with E-state index < -0.39 is 0 Å². The van der Waals surface area contributed by atoms with Crippen LogP contribution in [0.1, 0.15) is 37.8 Å².